The number of quaternary nitrogens is 1. The van der Waals surface area contributed by atoms with Gasteiger partial charge in [0.2, 0.25) is 0 Å². The molecule has 1 aliphatic heterocycles. The zero-order valence-corrected chi connectivity index (χ0v) is 6.18. The molecule has 0 aromatic carbocycles. The Hall–Kier alpha value is -0.120. The molecule has 1 N–H and O–H groups in total. The number of hydrogen-bond donors (Lipinski definition) is 1. The number of rotatable bonds is 0. The fourth-order valence-corrected chi connectivity index (χ4v) is 0.897. The van der Waals surface area contributed by atoms with Crippen molar-refractivity contribution < 1.29 is 9.32 Å². The monoisotopic (exact) mass is 131 g/mol. The van der Waals surface area contributed by atoms with Gasteiger partial charge >= 0.3 is 0 Å². The summed E-state index contributed by atoms with van der Waals surface area (Å²) in [5.41, 5.74) is 2.89. The first-order valence-corrected chi connectivity index (χ1v) is 3.37. The van der Waals surface area contributed by atoms with Gasteiger partial charge in [0.15, 0.2) is 0 Å². The maximum atomic E-state index is 5.06. The lowest BCUT2D eigenvalue weighted by atomic mass is 10.4. The molecular formula is C6H15N2O+. The van der Waals surface area contributed by atoms with Crippen LogP contribution in [0.5, 0.6) is 0 Å². The van der Waals surface area contributed by atoms with Crippen LogP contribution in [0.25, 0.3) is 0 Å². The van der Waals surface area contributed by atoms with E-state index in [-0.39, 0.29) is 0 Å². The quantitative estimate of drug-likeness (QED) is 0.452. The molecule has 0 atom stereocenters. The third kappa shape index (κ3) is 2.30. The summed E-state index contributed by atoms with van der Waals surface area (Å²) in [5.74, 6) is 0. The molecule has 9 heavy (non-hydrogen) atoms. The molecule has 3 nitrogen and oxygen atoms in total. The lowest BCUT2D eigenvalue weighted by molar-refractivity contribution is -0.887. The maximum Gasteiger partial charge on any atom is 0.117 e. The smallest absolute Gasteiger partial charge is 0.117 e. The molecule has 1 rings (SSSR count). The lowest BCUT2D eigenvalue weighted by Crippen LogP contribution is -2.42. The molecule has 0 aromatic heterocycles. The fraction of sp³-hybridized carbons (Fsp3) is 1.00. The first kappa shape index (κ1) is 6.99. The van der Waals surface area contributed by atoms with Crippen molar-refractivity contribution in [2.24, 2.45) is 0 Å². The van der Waals surface area contributed by atoms with Gasteiger partial charge in [-0.1, -0.05) is 0 Å². The molecule has 54 valence electrons. The normalized spacial score (nSPS) is 27.3. The Balaban J connectivity index is 2.36. The van der Waals surface area contributed by atoms with E-state index in [4.69, 9.17) is 4.84 Å². The molecule has 1 aliphatic rings. The molecular weight excluding hydrogens is 116 g/mol. The van der Waals surface area contributed by atoms with Crippen LogP contribution >= 0.6 is 0 Å². The highest BCUT2D eigenvalue weighted by molar-refractivity contribution is 4.40. The summed E-state index contributed by atoms with van der Waals surface area (Å²) in [6, 6.07) is 0. The van der Waals surface area contributed by atoms with Crippen LogP contribution in [0.2, 0.25) is 0 Å². The van der Waals surface area contributed by atoms with Crippen molar-refractivity contribution >= 4 is 0 Å². The summed E-state index contributed by atoms with van der Waals surface area (Å²) in [6.45, 7) is 4.05. The molecule has 0 unspecified atom stereocenters. The minimum absolute atomic E-state index is 0.826. The second-order valence-electron chi connectivity index (χ2n) is 3.13. The Kier molecular flexibility index (Phi) is 2.05. The standard InChI is InChI=1S/C6H15N2O/c1-8(2)4-3-7-9-6-5-8/h7H,3-6H2,1-2H3/q+1. The van der Waals surface area contributed by atoms with Crippen LogP contribution < -0.4 is 5.48 Å². The average molecular weight is 131 g/mol. The molecule has 0 bridgehead atoms. The molecule has 0 aliphatic carbocycles. The molecule has 1 saturated heterocycles. The van der Waals surface area contributed by atoms with Crippen molar-refractivity contribution in [1.82, 2.24) is 5.48 Å². The predicted octanol–water partition coefficient (Wildman–Crippen LogP) is -0.402. The van der Waals surface area contributed by atoms with Crippen LogP contribution in [-0.4, -0.2) is 44.8 Å². The molecule has 0 amide bonds. The molecule has 3 heteroatoms. The predicted molar refractivity (Wildman–Crippen MR) is 35.8 cm³/mol. The summed E-state index contributed by atoms with van der Waals surface area (Å²) in [5, 5.41) is 0. The minimum Gasteiger partial charge on any atom is -0.325 e. The van der Waals surface area contributed by atoms with E-state index >= 15 is 0 Å². The first-order valence-electron chi connectivity index (χ1n) is 3.37. The number of nitrogens with one attached hydrogen (secondary N) is 1. The first-order chi connectivity index (χ1) is 4.21. The summed E-state index contributed by atoms with van der Waals surface area (Å²) in [4.78, 5) is 5.06. The van der Waals surface area contributed by atoms with E-state index in [1.807, 2.05) is 0 Å². The van der Waals surface area contributed by atoms with E-state index < -0.39 is 0 Å². The molecule has 0 radical (unpaired) electrons. The van der Waals surface area contributed by atoms with Crippen LogP contribution in [0.15, 0.2) is 0 Å². The Morgan fingerprint density at radius 3 is 2.89 bits per heavy atom. The number of nitrogens with zero attached hydrogens (tertiary/aromatic N) is 1. The Morgan fingerprint density at radius 1 is 1.33 bits per heavy atom. The van der Waals surface area contributed by atoms with Crippen molar-refractivity contribution in [1.29, 1.82) is 0 Å². The molecule has 0 aromatic rings. The Bertz CT molecular complexity index is 83.1. The molecule has 1 heterocycles. The Labute approximate surface area is 56.1 Å². The summed E-state index contributed by atoms with van der Waals surface area (Å²) >= 11 is 0. The maximum absolute atomic E-state index is 5.06. The van der Waals surface area contributed by atoms with Crippen molar-refractivity contribution in [3.63, 3.8) is 0 Å². The topological polar surface area (TPSA) is 21.3 Å². The van der Waals surface area contributed by atoms with Crippen molar-refractivity contribution in [3.8, 4) is 0 Å². The van der Waals surface area contributed by atoms with Crippen molar-refractivity contribution in [2.45, 2.75) is 0 Å². The third-order valence-corrected chi connectivity index (χ3v) is 1.72. The van der Waals surface area contributed by atoms with E-state index in [0.29, 0.717) is 0 Å². The van der Waals surface area contributed by atoms with Gasteiger partial charge in [-0.2, -0.15) is 5.48 Å². The fourth-order valence-electron chi connectivity index (χ4n) is 0.897. The molecule has 1 fully saturated rings. The van der Waals surface area contributed by atoms with E-state index in [0.717, 1.165) is 30.7 Å². The van der Waals surface area contributed by atoms with Gasteiger partial charge in [0.1, 0.15) is 13.2 Å². The van der Waals surface area contributed by atoms with E-state index in [9.17, 15) is 0 Å². The van der Waals surface area contributed by atoms with Gasteiger partial charge in [0.05, 0.1) is 27.2 Å². The SMILES string of the molecule is C[N+]1(C)CCNOCC1. The summed E-state index contributed by atoms with van der Waals surface area (Å²) in [6.07, 6.45) is 0. The largest absolute Gasteiger partial charge is 0.325 e. The Morgan fingerprint density at radius 2 is 2.11 bits per heavy atom. The van der Waals surface area contributed by atoms with Crippen molar-refractivity contribution in [2.75, 3.05) is 40.3 Å². The van der Waals surface area contributed by atoms with E-state index in [1.54, 1.807) is 0 Å². The van der Waals surface area contributed by atoms with Gasteiger partial charge in [-0.05, 0) is 0 Å². The minimum atomic E-state index is 0.826. The summed E-state index contributed by atoms with van der Waals surface area (Å²) in [7, 11) is 4.44. The third-order valence-electron chi connectivity index (χ3n) is 1.72. The van der Waals surface area contributed by atoms with E-state index in [1.165, 1.54) is 0 Å². The molecule has 0 saturated carbocycles. The van der Waals surface area contributed by atoms with Gasteiger partial charge in [0, 0.05) is 0 Å². The number of likely N-dealkylation sites (N-methyl/N-ethyl adjacent to an activating group) is 1. The van der Waals surface area contributed by atoms with Crippen LogP contribution in [0.3, 0.4) is 0 Å². The van der Waals surface area contributed by atoms with Crippen LogP contribution in [-0.2, 0) is 4.84 Å². The van der Waals surface area contributed by atoms with Crippen LogP contribution in [0.4, 0.5) is 0 Å². The second kappa shape index (κ2) is 2.64. The zero-order chi connectivity index (χ0) is 6.74. The summed E-state index contributed by atoms with van der Waals surface area (Å²) < 4.78 is 1.06. The van der Waals surface area contributed by atoms with Gasteiger partial charge < -0.3 is 4.48 Å². The average Bonchev–Trinajstić information content (AvgIpc) is 1.92. The highest BCUT2D eigenvalue weighted by atomic mass is 16.6. The number of hydrogen-bond acceptors (Lipinski definition) is 2. The highest BCUT2D eigenvalue weighted by Gasteiger charge is 2.16. The highest BCUT2D eigenvalue weighted by Crippen LogP contribution is 1.97. The zero-order valence-electron chi connectivity index (χ0n) is 6.18. The lowest BCUT2D eigenvalue weighted by Gasteiger charge is -2.26. The molecule has 0 spiro atoms. The van der Waals surface area contributed by atoms with Crippen molar-refractivity contribution in [3.05, 3.63) is 0 Å². The van der Waals surface area contributed by atoms with Gasteiger partial charge in [-0.3, -0.25) is 4.84 Å². The van der Waals surface area contributed by atoms with E-state index in [2.05, 4.69) is 19.6 Å². The number of hydroxylamine groups is 1. The van der Waals surface area contributed by atoms with Crippen LogP contribution in [0.1, 0.15) is 0 Å². The van der Waals surface area contributed by atoms with Gasteiger partial charge in [0.25, 0.3) is 0 Å². The van der Waals surface area contributed by atoms with Crippen LogP contribution in [0, 0.1) is 0 Å². The second-order valence-corrected chi connectivity index (χ2v) is 3.13. The van der Waals surface area contributed by atoms with Gasteiger partial charge in [-0.15, -0.1) is 0 Å². The van der Waals surface area contributed by atoms with Gasteiger partial charge in [-0.25, -0.2) is 0 Å².